The smallest absolute Gasteiger partial charge is 0.255 e. The highest BCUT2D eigenvalue weighted by Gasteiger charge is 2.24. The first-order chi connectivity index (χ1) is 12.4. The SMILES string of the molecule is COc1cc(NC(=O)c2ccc3c(c2)NC(=O)C(C)S3)c(OC)cc1Cl. The van der Waals surface area contributed by atoms with E-state index in [2.05, 4.69) is 10.6 Å². The monoisotopic (exact) mass is 392 g/mol. The molecule has 2 amide bonds. The molecular weight excluding hydrogens is 376 g/mol. The van der Waals surface area contributed by atoms with Gasteiger partial charge in [0, 0.05) is 22.6 Å². The van der Waals surface area contributed by atoms with Crippen LogP contribution in [0.5, 0.6) is 11.5 Å². The Morgan fingerprint density at radius 2 is 1.92 bits per heavy atom. The molecule has 0 spiro atoms. The minimum absolute atomic E-state index is 0.0795. The van der Waals surface area contributed by atoms with Crippen molar-refractivity contribution in [1.82, 2.24) is 0 Å². The predicted octanol–water partition coefficient (Wildman–Crippen LogP) is 4.04. The zero-order valence-corrected chi connectivity index (χ0v) is 16.0. The van der Waals surface area contributed by atoms with Gasteiger partial charge in [-0.2, -0.15) is 0 Å². The molecule has 1 aliphatic rings. The number of benzene rings is 2. The van der Waals surface area contributed by atoms with Crippen LogP contribution in [0, 0.1) is 0 Å². The van der Waals surface area contributed by atoms with Crippen LogP contribution in [0.25, 0.3) is 0 Å². The van der Waals surface area contributed by atoms with E-state index in [4.69, 9.17) is 21.1 Å². The Bertz CT molecular complexity index is 888. The van der Waals surface area contributed by atoms with Crippen LogP contribution in [0.4, 0.5) is 11.4 Å². The summed E-state index contributed by atoms with van der Waals surface area (Å²) in [5.41, 5.74) is 1.48. The lowest BCUT2D eigenvalue weighted by Gasteiger charge is -2.21. The van der Waals surface area contributed by atoms with Crippen LogP contribution in [0.2, 0.25) is 5.02 Å². The summed E-state index contributed by atoms with van der Waals surface area (Å²) < 4.78 is 10.4. The Morgan fingerprint density at radius 1 is 1.19 bits per heavy atom. The molecule has 8 heteroatoms. The Labute approximate surface area is 160 Å². The normalized spacial score (nSPS) is 15.7. The summed E-state index contributed by atoms with van der Waals surface area (Å²) in [7, 11) is 2.98. The highest BCUT2D eigenvalue weighted by molar-refractivity contribution is 8.00. The van der Waals surface area contributed by atoms with Crippen molar-refractivity contribution in [1.29, 1.82) is 0 Å². The predicted molar refractivity (Wildman–Crippen MR) is 103 cm³/mol. The van der Waals surface area contributed by atoms with E-state index < -0.39 is 0 Å². The van der Waals surface area contributed by atoms with Gasteiger partial charge < -0.3 is 20.1 Å². The summed E-state index contributed by atoms with van der Waals surface area (Å²) in [6, 6.07) is 8.36. The van der Waals surface area contributed by atoms with Gasteiger partial charge in [-0.15, -0.1) is 11.8 Å². The zero-order valence-electron chi connectivity index (χ0n) is 14.4. The van der Waals surface area contributed by atoms with Crippen LogP contribution >= 0.6 is 23.4 Å². The fourth-order valence-electron chi connectivity index (χ4n) is 2.50. The first-order valence-corrected chi connectivity index (χ1v) is 9.03. The molecule has 1 unspecified atom stereocenters. The van der Waals surface area contributed by atoms with Crippen LogP contribution in [0.3, 0.4) is 0 Å². The van der Waals surface area contributed by atoms with Crippen LogP contribution in [0.15, 0.2) is 35.2 Å². The summed E-state index contributed by atoms with van der Waals surface area (Å²) >= 11 is 7.54. The van der Waals surface area contributed by atoms with E-state index in [-0.39, 0.29) is 17.1 Å². The van der Waals surface area contributed by atoms with Gasteiger partial charge in [-0.25, -0.2) is 0 Å². The Hall–Kier alpha value is -2.38. The number of rotatable bonds is 4. The molecule has 1 aliphatic heterocycles. The molecule has 26 heavy (non-hydrogen) atoms. The number of hydrogen-bond acceptors (Lipinski definition) is 5. The third-order valence-electron chi connectivity index (χ3n) is 3.89. The highest BCUT2D eigenvalue weighted by Crippen LogP contribution is 2.38. The van der Waals surface area contributed by atoms with Crippen LogP contribution in [-0.4, -0.2) is 31.3 Å². The van der Waals surface area contributed by atoms with Crippen LogP contribution in [-0.2, 0) is 4.79 Å². The topological polar surface area (TPSA) is 76.7 Å². The van der Waals surface area contributed by atoms with Gasteiger partial charge >= 0.3 is 0 Å². The molecule has 2 N–H and O–H groups in total. The summed E-state index contributed by atoms with van der Waals surface area (Å²) in [6.45, 7) is 1.84. The molecule has 6 nitrogen and oxygen atoms in total. The highest BCUT2D eigenvalue weighted by atomic mass is 35.5. The summed E-state index contributed by atoms with van der Waals surface area (Å²) in [6.07, 6.45) is 0. The van der Waals surface area contributed by atoms with Crippen LogP contribution in [0.1, 0.15) is 17.3 Å². The molecule has 1 heterocycles. The number of ether oxygens (including phenoxy) is 2. The van der Waals surface area contributed by atoms with Crippen molar-refractivity contribution in [2.75, 3.05) is 24.9 Å². The van der Waals surface area contributed by atoms with Gasteiger partial charge in [-0.3, -0.25) is 9.59 Å². The molecule has 0 bridgehead atoms. The molecule has 2 aromatic rings. The third-order valence-corrected chi connectivity index (χ3v) is 5.37. The first kappa shape index (κ1) is 18.4. The molecule has 1 atom stereocenters. The second-order valence-electron chi connectivity index (χ2n) is 5.60. The minimum atomic E-state index is -0.339. The number of hydrogen-bond donors (Lipinski definition) is 2. The van der Waals surface area contributed by atoms with Crippen molar-refractivity contribution in [3.8, 4) is 11.5 Å². The number of fused-ring (bicyclic) bond motifs is 1. The average Bonchev–Trinajstić information content (AvgIpc) is 2.63. The third kappa shape index (κ3) is 3.59. The minimum Gasteiger partial charge on any atom is -0.495 e. The standard InChI is InChI=1S/C18H17ClN2O4S/c1-9-17(22)21-13-6-10(4-5-16(13)26-9)18(23)20-12-8-14(24-2)11(19)7-15(12)25-3/h4-9H,1-3H3,(H,20,23)(H,21,22). The van der Waals surface area contributed by atoms with Crippen molar-refractivity contribution in [3.05, 3.63) is 40.9 Å². The van der Waals surface area contributed by atoms with Crippen molar-refractivity contribution < 1.29 is 19.1 Å². The molecule has 0 aliphatic carbocycles. The zero-order chi connectivity index (χ0) is 18.8. The van der Waals surface area contributed by atoms with Gasteiger partial charge in [0.15, 0.2) is 0 Å². The van der Waals surface area contributed by atoms with Crippen molar-refractivity contribution in [2.24, 2.45) is 0 Å². The summed E-state index contributed by atoms with van der Waals surface area (Å²) in [5.74, 6) is 0.420. The average molecular weight is 393 g/mol. The fraction of sp³-hybridized carbons (Fsp3) is 0.222. The summed E-state index contributed by atoms with van der Waals surface area (Å²) in [5, 5.41) is 5.82. The van der Waals surface area contributed by atoms with Gasteiger partial charge in [0.25, 0.3) is 5.91 Å². The number of nitrogens with one attached hydrogen (secondary N) is 2. The largest absolute Gasteiger partial charge is 0.495 e. The molecule has 136 valence electrons. The van der Waals surface area contributed by atoms with E-state index in [0.29, 0.717) is 33.5 Å². The van der Waals surface area contributed by atoms with Gasteiger partial charge in [0.05, 0.1) is 35.9 Å². The lowest BCUT2D eigenvalue weighted by Crippen LogP contribution is -2.26. The molecule has 0 aromatic heterocycles. The van der Waals surface area contributed by atoms with Crippen molar-refractivity contribution in [2.45, 2.75) is 17.1 Å². The number of amides is 2. The van der Waals surface area contributed by atoms with Crippen molar-refractivity contribution >= 4 is 46.6 Å². The Morgan fingerprint density at radius 3 is 2.62 bits per heavy atom. The number of carbonyl (C=O) groups is 2. The molecule has 2 aromatic carbocycles. The molecule has 0 saturated heterocycles. The van der Waals surface area contributed by atoms with E-state index >= 15 is 0 Å². The maximum absolute atomic E-state index is 12.6. The molecule has 3 rings (SSSR count). The molecular formula is C18H17ClN2O4S. The number of thioether (sulfide) groups is 1. The number of methoxy groups -OCH3 is 2. The second kappa shape index (κ2) is 7.47. The van der Waals surface area contributed by atoms with Crippen molar-refractivity contribution in [3.63, 3.8) is 0 Å². The lowest BCUT2D eigenvalue weighted by atomic mass is 10.1. The second-order valence-corrected chi connectivity index (χ2v) is 7.39. The summed E-state index contributed by atoms with van der Waals surface area (Å²) in [4.78, 5) is 25.4. The molecule has 0 radical (unpaired) electrons. The van der Waals surface area contributed by atoms with Gasteiger partial charge in [-0.05, 0) is 25.1 Å². The van der Waals surface area contributed by atoms with Crippen LogP contribution < -0.4 is 20.1 Å². The molecule has 0 saturated carbocycles. The van der Waals surface area contributed by atoms with Gasteiger partial charge in [0.2, 0.25) is 5.91 Å². The number of anilines is 2. The quantitative estimate of drug-likeness (QED) is 0.821. The van der Waals surface area contributed by atoms with E-state index in [1.807, 2.05) is 13.0 Å². The van der Waals surface area contributed by atoms with Gasteiger partial charge in [0.1, 0.15) is 11.5 Å². The van der Waals surface area contributed by atoms with E-state index in [9.17, 15) is 9.59 Å². The Kier molecular flexibility index (Phi) is 5.29. The number of carbonyl (C=O) groups excluding carboxylic acids is 2. The Balaban J connectivity index is 1.87. The fourth-order valence-corrected chi connectivity index (χ4v) is 3.66. The van der Waals surface area contributed by atoms with E-state index in [0.717, 1.165) is 4.90 Å². The molecule has 0 fully saturated rings. The van der Waals surface area contributed by atoms with E-state index in [1.54, 1.807) is 24.3 Å². The lowest BCUT2D eigenvalue weighted by molar-refractivity contribution is -0.115. The van der Waals surface area contributed by atoms with E-state index in [1.165, 1.54) is 26.0 Å². The maximum atomic E-state index is 12.6. The number of halogens is 1. The first-order valence-electron chi connectivity index (χ1n) is 7.77. The maximum Gasteiger partial charge on any atom is 0.255 e. The van der Waals surface area contributed by atoms with Gasteiger partial charge in [-0.1, -0.05) is 11.6 Å².